The number of carbonyl (C=O) groups is 1. The molecule has 7 nitrogen and oxygen atoms in total. The first-order chi connectivity index (χ1) is 14.3. The van der Waals surface area contributed by atoms with E-state index in [0.29, 0.717) is 13.1 Å². The van der Waals surface area contributed by atoms with Crippen molar-refractivity contribution in [3.05, 3.63) is 28.6 Å². The van der Waals surface area contributed by atoms with Gasteiger partial charge in [-0.25, -0.2) is 14.6 Å². The number of fused-ring (bicyclic) bond motifs is 1. The molecule has 3 aromatic heterocycles. The Morgan fingerprint density at radius 1 is 1.28 bits per heavy atom. The van der Waals surface area contributed by atoms with Crippen LogP contribution in [0.25, 0.3) is 11.0 Å². The summed E-state index contributed by atoms with van der Waals surface area (Å²) in [4.78, 5) is 24.9. The first kappa shape index (κ1) is 20.2. The van der Waals surface area contributed by atoms with Crippen molar-refractivity contribution in [1.29, 1.82) is 0 Å². The lowest BCUT2D eigenvalue weighted by atomic mass is 10.1. The molecule has 4 heterocycles. The Morgan fingerprint density at radius 3 is 2.90 bits per heavy atom. The van der Waals surface area contributed by atoms with Crippen LogP contribution in [0.3, 0.4) is 0 Å². The number of anilines is 1. The quantitative estimate of drug-likeness (QED) is 0.433. The third-order valence-electron chi connectivity index (χ3n) is 4.90. The highest BCUT2D eigenvalue weighted by Gasteiger charge is 2.20. The number of thioether (sulfide) groups is 1. The molecule has 1 amide bonds. The van der Waals surface area contributed by atoms with Crippen molar-refractivity contribution in [1.82, 2.24) is 25.1 Å². The Bertz CT molecular complexity index is 949. The highest BCUT2D eigenvalue weighted by molar-refractivity contribution is 7.99. The van der Waals surface area contributed by atoms with Gasteiger partial charge in [0.2, 0.25) is 0 Å². The fourth-order valence-corrected chi connectivity index (χ4v) is 4.79. The van der Waals surface area contributed by atoms with Gasteiger partial charge in [0.1, 0.15) is 5.82 Å². The van der Waals surface area contributed by atoms with E-state index < -0.39 is 0 Å². The normalized spacial score (nSPS) is 14.4. The zero-order valence-corrected chi connectivity index (χ0v) is 18.3. The summed E-state index contributed by atoms with van der Waals surface area (Å²) in [6.07, 6.45) is 6.64. The smallest absolute Gasteiger partial charge is 0.261 e. The maximum atomic E-state index is 12.2. The van der Waals surface area contributed by atoms with Crippen molar-refractivity contribution < 1.29 is 4.79 Å². The summed E-state index contributed by atoms with van der Waals surface area (Å²) in [6, 6.07) is 3.72. The summed E-state index contributed by atoms with van der Waals surface area (Å²) in [5, 5.41) is 11.2. The third-order valence-corrected chi connectivity index (χ3v) is 6.82. The Labute approximate surface area is 178 Å². The molecule has 0 saturated carbocycles. The van der Waals surface area contributed by atoms with Gasteiger partial charge in [0.25, 0.3) is 5.91 Å². The van der Waals surface area contributed by atoms with Crippen LogP contribution in [0, 0.1) is 0 Å². The van der Waals surface area contributed by atoms with Crippen LogP contribution in [0.15, 0.2) is 28.9 Å². The Balaban J connectivity index is 1.55. The zero-order valence-electron chi connectivity index (χ0n) is 16.6. The number of aromatic nitrogens is 4. The minimum absolute atomic E-state index is 0.0423. The van der Waals surface area contributed by atoms with Crippen molar-refractivity contribution in [2.45, 2.75) is 44.3 Å². The summed E-state index contributed by atoms with van der Waals surface area (Å²) in [6.45, 7) is 5.32. The third kappa shape index (κ3) is 4.72. The van der Waals surface area contributed by atoms with Crippen LogP contribution in [0.5, 0.6) is 0 Å². The van der Waals surface area contributed by atoms with E-state index in [2.05, 4.69) is 22.2 Å². The van der Waals surface area contributed by atoms with Gasteiger partial charge in [-0.15, -0.1) is 11.3 Å². The maximum absolute atomic E-state index is 12.2. The summed E-state index contributed by atoms with van der Waals surface area (Å²) in [5.41, 5.74) is 0.851. The van der Waals surface area contributed by atoms with Gasteiger partial charge in [-0.05, 0) is 37.1 Å². The molecule has 1 aliphatic heterocycles. The average Bonchev–Trinajstić information content (AvgIpc) is 3.43. The van der Waals surface area contributed by atoms with Crippen LogP contribution >= 0.6 is 23.1 Å². The molecule has 4 rings (SSSR count). The van der Waals surface area contributed by atoms with Crippen LogP contribution in [0.1, 0.15) is 42.3 Å². The Hall–Kier alpha value is -2.13. The molecule has 9 heteroatoms. The number of nitrogens with zero attached hydrogens (tertiary/aromatic N) is 5. The number of thiophene rings is 1. The molecule has 1 N–H and O–H groups in total. The van der Waals surface area contributed by atoms with Crippen LogP contribution in [0.2, 0.25) is 0 Å². The van der Waals surface area contributed by atoms with Gasteiger partial charge in [-0.3, -0.25) is 4.79 Å². The first-order valence-corrected chi connectivity index (χ1v) is 12.1. The van der Waals surface area contributed by atoms with Crippen molar-refractivity contribution in [2.24, 2.45) is 0 Å². The van der Waals surface area contributed by atoms with Crippen molar-refractivity contribution >= 4 is 45.9 Å². The van der Waals surface area contributed by atoms with Gasteiger partial charge >= 0.3 is 0 Å². The molecule has 0 aromatic carbocycles. The number of piperidine rings is 1. The minimum Gasteiger partial charge on any atom is -0.356 e. The predicted octanol–water partition coefficient (Wildman–Crippen LogP) is 3.81. The summed E-state index contributed by atoms with van der Waals surface area (Å²) in [5.74, 6) is 1.96. The topological polar surface area (TPSA) is 75.9 Å². The molecule has 0 atom stereocenters. The summed E-state index contributed by atoms with van der Waals surface area (Å²) in [7, 11) is 0. The highest BCUT2D eigenvalue weighted by Crippen LogP contribution is 2.29. The molecule has 154 valence electrons. The largest absolute Gasteiger partial charge is 0.356 e. The first-order valence-electron chi connectivity index (χ1n) is 10.2. The average molecular weight is 431 g/mol. The summed E-state index contributed by atoms with van der Waals surface area (Å²) < 4.78 is 1.88. The standard InChI is InChI=1S/C20H26N6OS2/c1-2-12-29-20-23-17(25-9-4-3-5-10-25)15-14-22-26(18(15)24-20)11-8-21-19(27)16-7-6-13-28-16/h6-7,13-14H,2-5,8-12H2,1H3,(H,21,27). The highest BCUT2D eigenvalue weighted by atomic mass is 32.2. The molecule has 0 bridgehead atoms. The molecular weight excluding hydrogens is 404 g/mol. The van der Waals surface area contributed by atoms with E-state index in [9.17, 15) is 4.79 Å². The van der Waals surface area contributed by atoms with E-state index in [4.69, 9.17) is 9.97 Å². The molecule has 0 unspecified atom stereocenters. The van der Waals surface area contributed by atoms with Crippen LogP contribution in [-0.4, -0.2) is 51.0 Å². The lowest BCUT2D eigenvalue weighted by Crippen LogP contribution is -2.30. The van der Waals surface area contributed by atoms with Gasteiger partial charge < -0.3 is 10.2 Å². The Kier molecular flexibility index (Phi) is 6.66. The van der Waals surface area contributed by atoms with E-state index in [1.807, 2.05) is 28.4 Å². The molecule has 1 aliphatic rings. The van der Waals surface area contributed by atoms with E-state index in [0.717, 1.165) is 52.1 Å². The SMILES string of the molecule is CCCSc1nc(N2CCCCC2)c2cnn(CCNC(=O)c3cccs3)c2n1. The number of rotatable bonds is 8. The second kappa shape index (κ2) is 9.58. The lowest BCUT2D eigenvalue weighted by Gasteiger charge is -2.28. The van der Waals surface area contributed by atoms with E-state index in [1.54, 1.807) is 11.8 Å². The number of hydrogen-bond donors (Lipinski definition) is 1. The molecule has 29 heavy (non-hydrogen) atoms. The van der Waals surface area contributed by atoms with Gasteiger partial charge in [0, 0.05) is 25.4 Å². The van der Waals surface area contributed by atoms with Crippen molar-refractivity contribution in [3.8, 4) is 0 Å². The lowest BCUT2D eigenvalue weighted by molar-refractivity contribution is 0.0956. The van der Waals surface area contributed by atoms with E-state index in [-0.39, 0.29) is 5.91 Å². The molecule has 3 aromatic rings. The minimum atomic E-state index is -0.0423. The molecule has 0 radical (unpaired) electrons. The molecule has 0 spiro atoms. The van der Waals surface area contributed by atoms with Crippen LogP contribution in [-0.2, 0) is 6.54 Å². The van der Waals surface area contributed by atoms with Crippen LogP contribution < -0.4 is 10.2 Å². The number of amides is 1. The molecule has 0 aliphatic carbocycles. The maximum Gasteiger partial charge on any atom is 0.261 e. The van der Waals surface area contributed by atoms with Gasteiger partial charge in [0.15, 0.2) is 10.8 Å². The monoisotopic (exact) mass is 430 g/mol. The second-order valence-corrected chi connectivity index (χ2v) is 9.07. The van der Waals surface area contributed by atoms with E-state index >= 15 is 0 Å². The van der Waals surface area contributed by atoms with E-state index in [1.165, 1.54) is 30.6 Å². The number of carbonyl (C=O) groups excluding carboxylic acids is 1. The fourth-order valence-electron chi connectivity index (χ4n) is 3.46. The molecule has 1 saturated heterocycles. The fraction of sp³-hybridized carbons (Fsp3) is 0.500. The predicted molar refractivity (Wildman–Crippen MR) is 119 cm³/mol. The van der Waals surface area contributed by atoms with Gasteiger partial charge in [-0.2, -0.15) is 5.10 Å². The molecule has 1 fully saturated rings. The van der Waals surface area contributed by atoms with Gasteiger partial charge in [-0.1, -0.05) is 24.8 Å². The summed E-state index contributed by atoms with van der Waals surface area (Å²) >= 11 is 3.14. The van der Waals surface area contributed by atoms with Gasteiger partial charge in [0.05, 0.1) is 23.0 Å². The number of nitrogens with one attached hydrogen (secondary N) is 1. The zero-order chi connectivity index (χ0) is 20.1. The Morgan fingerprint density at radius 2 is 2.14 bits per heavy atom. The molecular formula is C20H26N6OS2. The van der Waals surface area contributed by atoms with Crippen LogP contribution in [0.4, 0.5) is 5.82 Å². The number of hydrogen-bond acceptors (Lipinski definition) is 7. The second-order valence-electron chi connectivity index (χ2n) is 7.06. The van der Waals surface area contributed by atoms with Crippen molar-refractivity contribution in [3.63, 3.8) is 0 Å². The van der Waals surface area contributed by atoms with Crippen molar-refractivity contribution in [2.75, 3.05) is 30.3 Å².